The lowest BCUT2D eigenvalue weighted by Gasteiger charge is -2.46. The van der Waals surface area contributed by atoms with Crippen LogP contribution in [-0.4, -0.2) is 158 Å². The molecular formula is C88H188O12Si13. The monoisotopic (exact) mass is 1800 g/mol. The van der Waals surface area contributed by atoms with Gasteiger partial charge < -0.3 is 51.9 Å². The van der Waals surface area contributed by atoms with Crippen LogP contribution >= 0.6 is 0 Å². The molecule has 4 saturated heterocycles. The standard InChI is InChI=1S/C88H188O12Si13/c1-101(2,93-109(17,18)69-57-77-49-53-81-85(73-77)89-81)61-41-33-25-29-37-45-65-105(9,10)97-113(98-106(11,12)66-46-38-30-26-34-42-62-102(3,4)94-110(19,20)70-58-78-50-54-82-86(74-78)90-82,99-107(13,14)67-47-39-31-27-35-43-63-103(5,6)95-111(21,22)71-59-79-51-55-83-87(75-79)91-83)100-108(15,16)68-48-40-32-28-36-44-64-104(7,8)96-112(23,24)72-60-80-52-56-84-88(76-80)92-84/h77-88H,25-76H2,1-24H3. The van der Waals surface area contributed by atoms with Gasteiger partial charge in [0.05, 0.1) is 48.8 Å². The van der Waals surface area contributed by atoms with E-state index in [1.54, 1.807) is 0 Å². The molecule has 0 spiro atoms. The molecule has 8 rings (SSSR count). The van der Waals surface area contributed by atoms with Gasteiger partial charge in [-0.3, -0.25) is 0 Å². The van der Waals surface area contributed by atoms with Gasteiger partial charge in [-0.1, -0.05) is 180 Å². The summed E-state index contributed by atoms with van der Waals surface area (Å²) in [5.74, 6) is 3.41. The Morgan fingerprint density at radius 3 is 0.469 bits per heavy atom. The number of fused-ring (bicyclic) bond motifs is 4. The Bertz CT molecular complexity index is 2360. The van der Waals surface area contributed by atoms with Crippen LogP contribution in [0.1, 0.15) is 257 Å². The molecule has 12 nitrogen and oxygen atoms in total. The minimum atomic E-state index is -3.68. The van der Waals surface area contributed by atoms with Crippen LogP contribution < -0.4 is 0 Å². The molecule has 25 heteroatoms. The first-order valence-corrected chi connectivity index (χ1v) is 87.9. The van der Waals surface area contributed by atoms with Crippen molar-refractivity contribution >= 4 is 109 Å². The van der Waals surface area contributed by atoms with Crippen molar-refractivity contribution in [1.29, 1.82) is 0 Å². The lowest BCUT2D eigenvalue weighted by atomic mass is 9.88. The number of rotatable bonds is 64. The molecule has 4 aliphatic heterocycles. The molecule has 12 unspecified atom stereocenters. The van der Waals surface area contributed by atoms with E-state index in [1.807, 2.05) is 0 Å². The summed E-state index contributed by atoms with van der Waals surface area (Å²) in [6.45, 7) is 60.2. The summed E-state index contributed by atoms with van der Waals surface area (Å²) >= 11 is 0. The number of hydrogen-bond acceptors (Lipinski definition) is 12. The van der Waals surface area contributed by atoms with Gasteiger partial charge in [0.1, 0.15) is 0 Å². The number of hydrogen-bond donors (Lipinski definition) is 0. The first kappa shape index (κ1) is 101. The fraction of sp³-hybridized carbons (Fsp3) is 1.00. The van der Waals surface area contributed by atoms with E-state index in [1.165, 1.54) is 305 Å². The molecule has 4 heterocycles. The highest BCUT2D eigenvalue weighted by molar-refractivity contribution is 6.92. The van der Waals surface area contributed by atoms with Gasteiger partial charge in [-0.15, -0.1) is 0 Å². The van der Waals surface area contributed by atoms with E-state index >= 15 is 0 Å². The Labute approximate surface area is 714 Å². The lowest BCUT2D eigenvalue weighted by Crippen LogP contribution is -2.66. The zero-order valence-electron chi connectivity index (χ0n) is 79.1. The summed E-state index contributed by atoms with van der Waals surface area (Å²) in [7, 11) is -26.7. The molecular weight excluding hydrogens is 1610 g/mol. The van der Waals surface area contributed by atoms with Crippen LogP contribution in [0.25, 0.3) is 0 Å². The molecule has 113 heavy (non-hydrogen) atoms. The molecule has 0 radical (unpaired) electrons. The van der Waals surface area contributed by atoms with E-state index in [4.69, 9.17) is 51.9 Å². The number of ether oxygens (including phenoxy) is 4. The molecule has 0 N–H and O–H groups in total. The first-order valence-electron chi connectivity index (χ1n) is 48.9. The molecule has 4 saturated carbocycles. The van der Waals surface area contributed by atoms with Gasteiger partial charge in [-0.25, -0.2) is 0 Å². The highest BCUT2D eigenvalue weighted by atomic mass is 28.5. The minimum Gasteiger partial charge on any atom is -0.455 e. The summed E-state index contributed by atoms with van der Waals surface area (Å²) in [5, 5.41) is 0. The lowest BCUT2D eigenvalue weighted by molar-refractivity contribution is 0.144. The fourth-order valence-corrected chi connectivity index (χ4v) is 77.7. The van der Waals surface area contributed by atoms with E-state index in [2.05, 4.69) is 157 Å². The van der Waals surface area contributed by atoms with Gasteiger partial charge in [-0.05, 0) is 330 Å². The van der Waals surface area contributed by atoms with Gasteiger partial charge >= 0.3 is 9.05 Å². The highest BCUT2D eigenvalue weighted by Crippen LogP contribution is 2.47. The number of epoxide rings is 4. The Balaban J connectivity index is 0.842. The maximum atomic E-state index is 8.02. The number of unbranched alkanes of at least 4 members (excludes halogenated alkanes) is 20. The van der Waals surface area contributed by atoms with Crippen molar-refractivity contribution in [3.63, 3.8) is 0 Å². The molecule has 0 aromatic carbocycles. The SMILES string of the molecule is C[Si](C)(CCCCCCCC[Si](C)(C)O[Si](O[Si](C)(C)CCCCCCCC[Si](C)(C)O[Si](C)(C)CCC1CCC2OC2C1)(O[Si](C)(C)CCCCCCCC[Si](C)(C)O[Si](C)(C)CCC1CCC2OC2C1)O[Si](C)(C)CCCCCCCC[Si](C)(C)O[Si](C)(C)CCC1CCC2OC2C1)O[Si](C)(C)CCC1CCC2OC2C1. The minimum absolute atomic E-state index is 0.584. The summed E-state index contributed by atoms with van der Waals surface area (Å²) in [6, 6.07) is 14.9. The van der Waals surface area contributed by atoms with E-state index < -0.39 is 109 Å². The van der Waals surface area contributed by atoms with Crippen LogP contribution in [0.4, 0.5) is 0 Å². The van der Waals surface area contributed by atoms with Gasteiger partial charge in [0.2, 0.25) is 0 Å². The third kappa shape index (κ3) is 41.6. The molecule has 0 amide bonds. The third-order valence-electron chi connectivity index (χ3n) is 28.1. The molecule has 0 aromatic heterocycles. The van der Waals surface area contributed by atoms with Crippen molar-refractivity contribution in [3.05, 3.63) is 0 Å². The normalized spacial score (nSPS) is 26.5. The average molecular weight is 1800 g/mol. The van der Waals surface area contributed by atoms with E-state index in [0.29, 0.717) is 48.8 Å². The predicted molar refractivity (Wildman–Crippen MR) is 515 cm³/mol. The highest BCUT2D eigenvalue weighted by Gasteiger charge is 2.59. The van der Waals surface area contributed by atoms with Crippen molar-refractivity contribution in [1.82, 2.24) is 0 Å². The molecule has 8 aliphatic rings. The van der Waals surface area contributed by atoms with Crippen LogP contribution in [0, 0.1) is 23.7 Å². The van der Waals surface area contributed by atoms with Gasteiger partial charge in [0.25, 0.3) is 0 Å². The van der Waals surface area contributed by atoms with Crippen molar-refractivity contribution in [3.8, 4) is 0 Å². The summed E-state index contributed by atoms with van der Waals surface area (Å²) < 4.78 is 84.4. The maximum absolute atomic E-state index is 8.02. The third-order valence-corrected chi connectivity index (χ3v) is 77.1. The van der Waals surface area contributed by atoms with Gasteiger partial charge in [0.15, 0.2) is 99.8 Å². The summed E-state index contributed by atoms with van der Waals surface area (Å²) in [5.41, 5.74) is 0. The molecule has 12 atom stereocenters. The Morgan fingerprint density at radius 1 is 0.168 bits per heavy atom. The van der Waals surface area contributed by atoms with Crippen LogP contribution in [-0.2, 0) is 51.9 Å². The Kier molecular flexibility index (Phi) is 40.3. The van der Waals surface area contributed by atoms with Gasteiger partial charge in [-0.2, -0.15) is 0 Å². The fourth-order valence-electron chi connectivity index (χ4n) is 21.5. The maximum Gasteiger partial charge on any atom is 0.636 e. The predicted octanol–water partition coefficient (Wildman–Crippen LogP) is 29.2. The molecule has 0 aromatic rings. The van der Waals surface area contributed by atoms with Crippen LogP contribution in [0.2, 0.25) is 230 Å². The van der Waals surface area contributed by atoms with E-state index in [0.717, 1.165) is 47.8 Å². The molecule has 8 fully saturated rings. The smallest absolute Gasteiger partial charge is 0.455 e. The zero-order valence-corrected chi connectivity index (χ0v) is 92.1. The summed E-state index contributed by atoms with van der Waals surface area (Å²) in [6.07, 6.45) is 56.8. The second kappa shape index (κ2) is 45.2. The molecule has 0 bridgehead atoms. The van der Waals surface area contributed by atoms with E-state index in [-0.39, 0.29) is 0 Å². The summed E-state index contributed by atoms with van der Waals surface area (Å²) in [4.78, 5) is 0. The van der Waals surface area contributed by atoms with Crippen molar-refractivity contribution in [2.75, 3.05) is 0 Å². The first-order chi connectivity index (χ1) is 52.7. The van der Waals surface area contributed by atoms with Crippen molar-refractivity contribution in [2.24, 2.45) is 23.7 Å². The van der Waals surface area contributed by atoms with Gasteiger partial charge in [0, 0.05) is 0 Å². The second-order valence-corrected chi connectivity index (χ2v) is 102. The zero-order chi connectivity index (χ0) is 82.7. The van der Waals surface area contributed by atoms with Crippen molar-refractivity contribution in [2.45, 2.75) is 535 Å². The molecule has 4 aliphatic carbocycles. The second-order valence-electron chi connectivity index (χ2n) is 46.6. The van der Waals surface area contributed by atoms with Crippen molar-refractivity contribution < 1.29 is 51.9 Å². The topological polar surface area (TPSA) is 124 Å². The Hall–Kier alpha value is 2.34. The van der Waals surface area contributed by atoms with Crippen LogP contribution in [0.15, 0.2) is 0 Å². The van der Waals surface area contributed by atoms with Crippen LogP contribution in [0.3, 0.4) is 0 Å². The molecule has 664 valence electrons. The van der Waals surface area contributed by atoms with Crippen LogP contribution in [0.5, 0.6) is 0 Å². The largest absolute Gasteiger partial charge is 0.636 e. The Morgan fingerprint density at radius 2 is 0.310 bits per heavy atom. The average Bonchev–Trinajstić information content (AvgIpc) is 1.75. The quantitative estimate of drug-likeness (QED) is 0.0327. The van der Waals surface area contributed by atoms with E-state index in [9.17, 15) is 0 Å².